The Hall–Kier alpha value is -3.27. The fourth-order valence-corrected chi connectivity index (χ4v) is 3.26. The molecule has 4 heteroatoms. The van der Waals surface area contributed by atoms with Gasteiger partial charge < -0.3 is 15.4 Å². The second-order valence-corrected chi connectivity index (χ2v) is 6.78. The van der Waals surface area contributed by atoms with Gasteiger partial charge in [-0.25, -0.2) is 0 Å². The van der Waals surface area contributed by atoms with Gasteiger partial charge in [0, 0.05) is 23.0 Å². The number of hydrogen-bond acceptors (Lipinski definition) is 3. The Labute approximate surface area is 159 Å². The van der Waals surface area contributed by atoms with Crippen molar-refractivity contribution in [1.29, 1.82) is 0 Å². The molecule has 1 aliphatic carbocycles. The number of methoxy groups -OCH3 is 1. The standard InChI is InChI=1S/C23H22N2O2/c1-27-20-13-7-16(8-14-20)21-15-22(21)23(26)25-19-11-9-18(10-12-19)24-17-5-3-2-4-6-17/h2-14,21-22,24H,15H2,1H3,(H,25,26). The molecule has 0 heterocycles. The molecule has 0 radical (unpaired) electrons. The van der Waals surface area contributed by atoms with E-state index in [9.17, 15) is 4.79 Å². The van der Waals surface area contributed by atoms with Gasteiger partial charge in [0.2, 0.25) is 5.91 Å². The van der Waals surface area contributed by atoms with Gasteiger partial charge in [-0.2, -0.15) is 0 Å². The molecular weight excluding hydrogens is 336 g/mol. The predicted molar refractivity (Wildman–Crippen MR) is 109 cm³/mol. The van der Waals surface area contributed by atoms with E-state index in [2.05, 4.69) is 10.6 Å². The van der Waals surface area contributed by atoms with Gasteiger partial charge in [-0.15, -0.1) is 0 Å². The highest BCUT2D eigenvalue weighted by Gasteiger charge is 2.43. The summed E-state index contributed by atoms with van der Waals surface area (Å²) >= 11 is 0. The summed E-state index contributed by atoms with van der Waals surface area (Å²) in [7, 11) is 1.66. The van der Waals surface area contributed by atoms with Crippen molar-refractivity contribution < 1.29 is 9.53 Å². The van der Waals surface area contributed by atoms with Crippen molar-refractivity contribution >= 4 is 23.0 Å². The molecule has 4 rings (SSSR count). The summed E-state index contributed by atoms with van der Waals surface area (Å²) in [5.74, 6) is 1.26. The van der Waals surface area contributed by atoms with Crippen LogP contribution >= 0.6 is 0 Å². The van der Waals surface area contributed by atoms with E-state index in [0.717, 1.165) is 29.2 Å². The minimum atomic E-state index is 0.0421. The molecule has 27 heavy (non-hydrogen) atoms. The lowest BCUT2D eigenvalue weighted by atomic mass is 10.1. The molecular formula is C23H22N2O2. The van der Waals surface area contributed by atoms with Gasteiger partial charge in [-0.1, -0.05) is 30.3 Å². The maximum Gasteiger partial charge on any atom is 0.228 e. The van der Waals surface area contributed by atoms with Crippen LogP contribution < -0.4 is 15.4 Å². The second kappa shape index (κ2) is 7.54. The number of carbonyl (C=O) groups excluding carboxylic acids is 1. The number of rotatable bonds is 6. The van der Waals surface area contributed by atoms with Gasteiger partial charge in [0.25, 0.3) is 0 Å². The Morgan fingerprint density at radius 2 is 1.48 bits per heavy atom. The number of ether oxygens (including phenoxy) is 1. The molecule has 1 saturated carbocycles. The fourth-order valence-electron chi connectivity index (χ4n) is 3.26. The number of para-hydroxylation sites is 1. The zero-order chi connectivity index (χ0) is 18.6. The van der Waals surface area contributed by atoms with E-state index in [0.29, 0.717) is 5.92 Å². The van der Waals surface area contributed by atoms with E-state index in [1.165, 1.54) is 5.56 Å². The highest BCUT2D eigenvalue weighted by atomic mass is 16.5. The molecule has 2 atom stereocenters. The first-order chi connectivity index (χ1) is 13.2. The molecule has 4 nitrogen and oxygen atoms in total. The zero-order valence-electron chi connectivity index (χ0n) is 15.2. The molecule has 0 aromatic heterocycles. The van der Waals surface area contributed by atoms with Crippen LogP contribution in [0.2, 0.25) is 0 Å². The third-order valence-corrected chi connectivity index (χ3v) is 4.89. The number of anilines is 3. The molecule has 0 spiro atoms. The highest BCUT2D eigenvalue weighted by molar-refractivity contribution is 5.95. The number of amides is 1. The topological polar surface area (TPSA) is 50.4 Å². The van der Waals surface area contributed by atoms with Crippen molar-refractivity contribution in [2.75, 3.05) is 17.7 Å². The molecule has 1 aliphatic rings. The van der Waals surface area contributed by atoms with Crippen LogP contribution in [0.4, 0.5) is 17.1 Å². The lowest BCUT2D eigenvalue weighted by Gasteiger charge is -2.09. The lowest BCUT2D eigenvalue weighted by Crippen LogP contribution is -2.14. The predicted octanol–water partition coefficient (Wildman–Crippen LogP) is 5.18. The minimum absolute atomic E-state index is 0.0421. The van der Waals surface area contributed by atoms with Gasteiger partial charge in [-0.05, 0) is 66.4 Å². The van der Waals surface area contributed by atoms with Crippen LogP contribution in [-0.4, -0.2) is 13.0 Å². The van der Waals surface area contributed by atoms with E-state index in [1.807, 2.05) is 78.9 Å². The maximum absolute atomic E-state index is 12.5. The number of hydrogen-bond donors (Lipinski definition) is 2. The molecule has 0 bridgehead atoms. The van der Waals surface area contributed by atoms with E-state index in [4.69, 9.17) is 4.74 Å². The molecule has 2 N–H and O–H groups in total. The first kappa shape index (κ1) is 17.2. The third kappa shape index (κ3) is 4.11. The molecule has 0 saturated heterocycles. The van der Waals surface area contributed by atoms with Crippen LogP contribution in [-0.2, 0) is 4.79 Å². The van der Waals surface area contributed by atoms with Crippen molar-refractivity contribution in [3.05, 3.63) is 84.4 Å². The van der Waals surface area contributed by atoms with Crippen molar-refractivity contribution in [2.24, 2.45) is 5.92 Å². The molecule has 3 aromatic rings. The second-order valence-electron chi connectivity index (χ2n) is 6.78. The highest BCUT2D eigenvalue weighted by Crippen LogP contribution is 2.48. The normalized spacial score (nSPS) is 17.8. The quantitative estimate of drug-likeness (QED) is 0.638. The van der Waals surface area contributed by atoms with Gasteiger partial charge in [0.15, 0.2) is 0 Å². The number of nitrogens with one attached hydrogen (secondary N) is 2. The Morgan fingerprint density at radius 1 is 0.852 bits per heavy atom. The van der Waals surface area contributed by atoms with Crippen LogP contribution in [0, 0.1) is 5.92 Å². The monoisotopic (exact) mass is 358 g/mol. The molecule has 1 amide bonds. The van der Waals surface area contributed by atoms with Crippen molar-refractivity contribution in [2.45, 2.75) is 12.3 Å². The molecule has 136 valence electrons. The first-order valence-corrected chi connectivity index (χ1v) is 9.10. The van der Waals surface area contributed by atoms with Crippen LogP contribution in [0.5, 0.6) is 5.75 Å². The summed E-state index contributed by atoms with van der Waals surface area (Å²) in [5, 5.41) is 6.36. The average molecular weight is 358 g/mol. The SMILES string of the molecule is COc1ccc(C2CC2C(=O)Nc2ccc(Nc3ccccc3)cc2)cc1. The molecule has 0 aliphatic heterocycles. The van der Waals surface area contributed by atoms with Crippen LogP contribution in [0.1, 0.15) is 17.9 Å². The molecule has 3 aromatic carbocycles. The van der Waals surface area contributed by atoms with Crippen LogP contribution in [0.25, 0.3) is 0 Å². The summed E-state index contributed by atoms with van der Waals surface area (Å²) in [6, 6.07) is 25.8. The number of carbonyl (C=O) groups is 1. The van der Waals surface area contributed by atoms with Gasteiger partial charge in [0.1, 0.15) is 5.75 Å². The van der Waals surface area contributed by atoms with Gasteiger partial charge in [-0.3, -0.25) is 4.79 Å². The van der Waals surface area contributed by atoms with Crippen LogP contribution in [0.15, 0.2) is 78.9 Å². The summed E-state index contributed by atoms with van der Waals surface area (Å²) in [5.41, 5.74) is 4.04. The molecule has 2 unspecified atom stereocenters. The third-order valence-electron chi connectivity index (χ3n) is 4.89. The minimum Gasteiger partial charge on any atom is -0.497 e. The average Bonchev–Trinajstić information content (AvgIpc) is 3.51. The summed E-state index contributed by atoms with van der Waals surface area (Å²) in [6.07, 6.45) is 0.895. The smallest absolute Gasteiger partial charge is 0.228 e. The fraction of sp³-hybridized carbons (Fsp3) is 0.174. The van der Waals surface area contributed by atoms with Crippen LogP contribution in [0.3, 0.4) is 0 Å². The van der Waals surface area contributed by atoms with Gasteiger partial charge >= 0.3 is 0 Å². The summed E-state index contributed by atoms with van der Waals surface area (Å²) in [4.78, 5) is 12.5. The Kier molecular flexibility index (Phi) is 4.79. The van der Waals surface area contributed by atoms with E-state index in [1.54, 1.807) is 7.11 Å². The largest absolute Gasteiger partial charge is 0.497 e. The van der Waals surface area contributed by atoms with Crippen molar-refractivity contribution in [1.82, 2.24) is 0 Å². The van der Waals surface area contributed by atoms with Crippen molar-refractivity contribution in [3.8, 4) is 5.75 Å². The summed E-state index contributed by atoms with van der Waals surface area (Å²) in [6.45, 7) is 0. The van der Waals surface area contributed by atoms with E-state index < -0.39 is 0 Å². The molecule has 1 fully saturated rings. The maximum atomic E-state index is 12.5. The van der Waals surface area contributed by atoms with E-state index in [-0.39, 0.29) is 11.8 Å². The zero-order valence-corrected chi connectivity index (χ0v) is 15.2. The number of benzene rings is 3. The first-order valence-electron chi connectivity index (χ1n) is 9.10. The van der Waals surface area contributed by atoms with E-state index >= 15 is 0 Å². The lowest BCUT2D eigenvalue weighted by molar-refractivity contribution is -0.117. The van der Waals surface area contributed by atoms with Crippen molar-refractivity contribution in [3.63, 3.8) is 0 Å². The Bertz CT molecular complexity index is 905. The Balaban J connectivity index is 1.33. The summed E-state index contributed by atoms with van der Waals surface area (Å²) < 4.78 is 5.19. The van der Waals surface area contributed by atoms with Gasteiger partial charge in [0.05, 0.1) is 7.11 Å². The Morgan fingerprint density at radius 3 is 2.15 bits per heavy atom.